The highest BCUT2D eigenvalue weighted by molar-refractivity contribution is 7.89. The average molecular weight is 491 g/mol. The summed E-state index contributed by atoms with van der Waals surface area (Å²) in [5.41, 5.74) is 0.508. The fourth-order valence-electron chi connectivity index (χ4n) is 2.88. The van der Waals surface area contributed by atoms with Crippen molar-refractivity contribution in [2.75, 3.05) is 19.0 Å². The van der Waals surface area contributed by atoms with E-state index in [2.05, 4.69) is 5.32 Å². The van der Waals surface area contributed by atoms with Gasteiger partial charge in [0.05, 0.1) is 21.2 Å². The van der Waals surface area contributed by atoms with Gasteiger partial charge in [-0.1, -0.05) is 54.1 Å². The molecule has 0 radical (unpaired) electrons. The van der Waals surface area contributed by atoms with Crippen molar-refractivity contribution in [1.29, 1.82) is 0 Å². The van der Waals surface area contributed by atoms with Crippen LogP contribution in [0.2, 0.25) is 5.02 Å². The predicted octanol–water partition coefficient (Wildman–Crippen LogP) is 4.10. The maximum absolute atomic E-state index is 13.6. The zero-order chi connectivity index (χ0) is 24.0. The first-order valence-electron chi connectivity index (χ1n) is 9.70. The fourth-order valence-corrected chi connectivity index (χ4v) is 4.26. The number of sulfonamides is 1. The smallest absolute Gasteiger partial charge is 0.340 e. The summed E-state index contributed by atoms with van der Waals surface area (Å²) in [7, 11) is -2.52. The second kappa shape index (κ2) is 10.6. The summed E-state index contributed by atoms with van der Waals surface area (Å²) in [6.45, 7) is -0.587. The van der Waals surface area contributed by atoms with Crippen LogP contribution >= 0.6 is 11.6 Å². The van der Waals surface area contributed by atoms with E-state index in [4.69, 9.17) is 16.3 Å². The van der Waals surface area contributed by atoms with Crippen LogP contribution in [0.5, 0.6) is 0 Å². The molecule has 0 aliphatic carbocycles. The maximum Gasteiger partial charge on any atom is 0.340 e. The Bertz CT molecular complexity index is 1270. The molecule has 172 valence electrons. The first kappa shape index (κ1) is 24.4. The van der Waals surface area contributed by atoms with Gasteiger partial charge in [0.15, 0.2) is 6.61 Å². The number of amides is 1. The summed E-state index contributed by atoms with van der Waals surface area (Å²) in [6.07, 6.45) is 0. The lowest BCUT2D eigenvalue weighted by atomic mass is 10.2. The van der Waals surface area contributed by atoms with E-state index in [0.29, 0.717) is 0 Å². The predicted molar refractivity (Wildman–Crippen MR) is 122 cm³/mol. The lowest BCUT2D eigenvalue weighted by molar-refractivity contribution is -0.119. The van der Waals surface area contributed by atoms with Gasteiger partial charge in [-0.2, -0.15) is 4.31 Å². The molecule has 1 N–H and O–H groups in total. The van der Waals surface area contributed by atoms with E-state index >= 15 is 0 Å². The van der Waals surface area contributed by atoms with Gasteiger partial charge in [0.1, 0.15) is 5.82 Å². The van der Waals surface area contributed by atoms with E-state index in [1.54, 1.807) is 24.3 Å². The fraction of sp³-hybridized carbons (Fsp3) is 0.130. The van der Waals surface area contributed by atoms with Crippen LogP contribution in [-0.4, -0.2) is 38.3 Å². The second-order valence-electron chi connectivity index (χ2n) is 6.99. The van der Waals surface area contributed by atoms with E-state index < -0.39 is 34.3 Å². The van der Waals surface area contributed by atoms with E-state index in [0.717, 1.165) is 15.9 Å². The minimum Gasteiger partial charge on any atom is -0.452 e. The van der Waals surface area contributed by atoms with Crippen LogP contribution in [0.4, 0.5) is 10.1 Å². The molecule has 3 aromatic rings. The van der Waals surface area contributed by atoms with E-state index in [9.17, 15) is 22.4 Å². The number of halogens is 2. The van der Waals surface area contributed by atoms with Gasteiger partial charge in [-0.25, -0.2) is 17.6 Å². The molecule has 0 bridgehead atoms. The summed E-state index contributed by atoms with van der Waals surface area (Å²) >= 11 is 6.06. The van der Waals surface area contributed by atoms with Crippen molar-refractivity contribution >= 4 is 39.2 Å². The second-order valence-corrected chi connectivity index (χ2v) is 9.44. The van der Waals surface area contributed by atoms with Gasteiger partial charge >= 0.3 is 5.97 Å². The molecule has 0 unspecified atom stereocenters. The van der Waals surface area contributed by atoms with Crippen molar-refractivity contribution in [3.8, 4) is 0 Å². The molecule has 0 saturated carbocycles. The molecule has 0 spiro atoms. The van der Waals surface area contributed by atoms with Crippen LogP contribution < -0.4 is 5.32 Å². The number of carbonyl (C=O) groups is 2. The minimum atomic E-state index is -3.94. The molecular weight excluding hydrogens is 471 g/mol. The lowest BCUT2D eigenvalue weighted by Crippen LogP contribution is -2.27. The molecule has 33 heavy (non-hydrogen) atoms. The third-order valence-corrected chi connectivity index (χ3v) is 6.73. The number of carbonyl (C=O) groups excluding carboxylic acids is 2. The zero-order valence-corrected chi connectivity index (χ0v) is 19.1. The van der Waals surface area contributed by atoms with Gasteiger partial charge in [0, 0.05) is 13.6 Å². The molecule has 0 aromatic heterocycles. The molecule has 7 nitrogen and oxygen atoms in total. The molecule has 3 rings (SSSR count). The van der Waals surface area contributed by atoms with Crippen molar-refractivity contribution in [2.45, 2.75) is 11.4 Å². The number of esters is 1. The molecule has 3 aromatic carbocycles. The van der Waals surface area contributed by atoms with Crippen molar-refractivity contribution in [2.24, 2.45) is 0 Å². The highest BCUT2D eigenvalue weighted by Gasteiger charge is 2.24. The van der Waals surface area contributed by atoms with E-state index in [1.165, 1.54) is 43.4 Å². The number of benzene rings is 3. The normalized spacial score (nSPS) is 11.3. The highest BCUT2D eigenvalue weighted by atomic mass is 35.5. The number of nitrogens with zero attached hydrogens (tertiary/aromatic N) is 1. The molecule has 10 heteroatoms. The first-order chi connectivity index (χ1) is 15.7. The number of anilines is 1. The number of hydrogen-bond acceptors (Lipinski definition) is 5. The van der Waals surface area contributed by atoms with Gasteiger partial charge in [0.25, 0.3) is 5.91 Å². The number of para-hydroxylation sites is 1. The molecule has 0 atom stereocenters. The Morgan fingerprint density at radius 1 is 1.03 bits per heavy atom. The van der Waals surface area contributed by atoms with E-state index in [-0.39, 0.29) is 27.7 Å². The molecule has 0 saturated heterocycles. The van der Waals surface area contributed by atoms with Crippen LogP contribution in [0.15, 0.2) is 77.7 Å². The molecule has 0 aliphatic heterocycles. The van der Waals surface area contributed by atoms with Crippen LogP contribution in [0, 0.1) is 5.82 Å². The maximum atomic E-state index is 13.6. The monoisotopic (exact) mass is 490 g/mol. The Labute approximate surface area is 195 Å². The average Bonchev–Trinajstić information content (AvgIpc) is 2.80. The quantitative estimate of drug-likeness (QED) is 0.480. The highest BCUT2D eigenvalue weighted by Crippen LogP contribution is 2.24. The van der Waals surface area contributed by atoms with Crippen molar-refractivity contribution in [1.82, 2.24) is 4.31 Å². The van der Waals surface area contributed by atoms with Gasteiger partial charge in [-0.15, -0.1) is 0 Å². The summed E-state index contributed by atoms with van der Waals surface area (Å²) < 4.78 is 45.6. The summed E-state index contributed by atoms with van der Waals surface area (Å²) in [5.74, 6) is -2.40. The number of ether oxygens (including phenoxy) is 1. The lowest BCUT2D eigenvalue weighted by Gasteiger charge is -2.18. The number of hydrogen-bond donors (Lipinski definition) is 1. The third-order valence-electron chi connectivity index (χ3n) is 4.60. The van der Waals surface area contributed by atoms with Crippen molar-refractivity contribution in [3.63, 3.8) is 0 Å². The van der Waals surface area contributed by atoms with Crippen LogP contribution in [0.1, 0.15) is 15.9 Å². The minimum absolute atomic E-state index is 0.0424. The Morgan fingerprint density at radius 3 is 2.39 bits per heavy atom. The zero-order valence-electron chi connectivity index (χ0n) is 17.5. The van der Waals surface area contributed by atoms with Gasteiger partial charge in [-0.05, 0) is 35.9 Å². The topological polar surface area (TPSA) is 92.8 Å². The van der Waals surface area contributed by atoms with Gasteiger partial charge in [-0.3, -0.25) is 4.79 Å². The van der Waals surface area contributed by atoms with Crippen LogP contribution in [-0.2, 0) is 26.1 Å². The van der Waals surface area contributed by atoms with Gasteiger partial charge < -0.3 is 10.1 Å². The third kappa shape index (κ3) is 6.16. The standard InChI is InChI=1S/C23H20ClFN2O5S/c1-27(14-16-7-3-2-4-8-16)33(30,31)17-11-12-19(24)18(13-17)23(29)32-15-22(28)26-21-10-6-5-9-20(21)25/h2-13H,14-15H2,1H3,(H,26,28). The van der Waals surface area contributed by atoms with Crippen LogP contribution in [0.3, 0.4) is 0 Å². The summed E-state index contributed by atoms with van der Waals surface area (Å²) in [4.78, 5) is 24.3. The SMILES string of the molecule is CN(Cc1ccccc1)S(=O)(=O)c1ccc(Cl)c(C(=O)OCC(=O)Nc2ccccc2F)c1. The molecule has 1 amide bonds. The molecule has 0 aliphatic rings. The summed E-state index contributed by atoms with van der Waals surface area (Å²) in [5, 5.41) is 2.24. The number of nitrogens with one attached hydrogen (secondary N) is 1. The van der Waals surface area contributed by atoms with Crippen molar-refractivity contribution < 1.29 is 27.1 Å². The number of rotatable bonds is 8. The molecule has 0 heterocycles. The molecular formula is C23H20ClFN2O5S. The first-order valence-corrected chi connectivity index (χ1v) is 11.5. The Morgan fingerprint density at radius 2 is 1.70 bits per heavy atom. The Kier molecular flexibility index (Phi) is 7.80. The van der Waals surface area contributed by atoms with Gasteiger partial charge in [0.2, 0.25) is 10.0 Å². The summed E-state index contributed by atoms with van der Waals surface area (Å²) in [6, 6.07) is 18.2. The molecule has 0 fully saturated rings. The largest absolute Gasteiger partial charge is 0.452 e. The Balaban J connectivity index is 1.70. The van der Waals surface area contributed by atoms with Crippen molar-refractivity contribution in [3.05, 3.63) is 94.8 Å². The Hall–Kier alpha value is -3.27. The van der Waals surface area contributed by atoms with E-state index in [1.807, 2.05) is 6.07 Å². The van der Waals surface area contributed by atoms with Crippen LogP contribution in [0.25, 0.3) is 0 Å².